The van der Waals surface area contributed by atoms with E-state index in [1.54, 1.807) is 0 Å². The molecule has 28 heavy (non-hydrogen) atoms. The van der Waals surface area contributed by atoms with Crippen molar-refractivity contribution in [1.82, 2.24) is 4.90 Å². The Kier molecular flexibility index (Phi) is 5.55. The quantitative estimate of drug-likeness (QED) is 0.176. The van der Waals surface area contributed by atoms with E-state index in [9.17, 15) is 29.3 Å². The van der Waals surface area contributed by atoms with E-state index in [1.165, 1.54) is 12.1 Å². The number of rotatable bonds is 6. The predicted octanol–water partition coefficient (Wildman–Crippen LogP) is 1.93. The summed E-state index contributed by atoms with van der Waals surface area (Å²) in [6, 6.07) is 3.46. The summed E-state index contributed by atoms with van der Waals surface area (Å²) in [7, 11) is 0. The predicted molar refractivity (Wildman–Crippen MR) is 95.5 cm³/mol. The molecule has 0 bridgehead atoms. The van der Waals surface area contributed by atoms with Gasteiger partial charge in [-0.3, -0.25) is 34.2 Å². The third kappa shape index (κ3) is 3.79. The minimum absolute atomic E-state index is 0.0469. The molecule has 1 fully saturated rings. The van der Waals surface area contributed by atoms with E-state index in [4.69, 9.17) is 16.3 Å². The Morgan fingerprint density at radius 2 is 1.79 bits per heavy atom. The van der Waals surface area contributed by atoms with Crippen molar-refractivity contribution in [2.45, 2.75) is 12.8 Å². The first kappa shape index (κ1) is 19.7. The minimum atomic E-state index is -0.912. The molecule has 0 aromatic heterocycles. The number of benzene rings is 1. The highest BCUT2D eigenvalue weighted by Crippen LogP contribution is 2.34. The fourth-order valence-electron chi connectivity index (χ4n) is 3.25. The first-order valence-corrected chi connectivity index (χ1v) is 8.80. The van der Waals surface area contributed by atoms with Gasteiger partial charge in [-0.1, -0.05) is 23.8 Å². The van der Waals surface area contributed by atoms with Crippen LogP contribution < -0.4 is 0 Å². The summed E-state index contributed by atoms with van der Waals surface area (Å²) in [5.74, 6) is -3.34. The Bertz CT molecular complexity index is 885. The van der Waals surface area contributed by atoms with Crippen molar-refractivity contribution in [1.29, 1.82) is 0 Å². The van der Waals surface area contributed by atoms with Crippen molar-refractivity contribution in [3.05, 3.63) is 51.1 Å². The van der Waals surface area contributed by atoms with Gasteiger partial charge in [0.15, 0.2) is 6.61 Å². The topological polar surface area (TPSA) is 124 Å². The number of ketones is 1. The van der Waals surface area contributed by atoms with Crippen LogP contribution in [0, 0.1) is 22.0 Å². The average molecular weight is 407 g/mol. The molecular formula is C18H15ClN2O7. The van der Waals surface area contributed by atoms with Crippen molar-refractivity contribution in [2.24, 2.45) is 11.8 Å². The number of imide groups is 1. The number of esters is 1. The van der Waals surface area contributed by atoms with Gasteiger partial charge in [-0.2, -0.15) is 0 Å². The Morgan fingerprint density at radius 3 is 2.36 bits per heavy atom. The summed E-state index contributed by atoms with van der Waals surface area (Å²) in [5, 5.41) is 10.8. The number of fused-ring (bicyclic) bond motifs is 1. The molecule has 1 saturated heterocycles. The number of ether oxygens (including phenoxy) is 1. The van der Waals surface area contributed by atoms with Gasteiger partial charge in [0.2, 0.25) is 17.6 Å². The first-order valence-electron chi connectivity index (χ1n) is 8.42. The number of carbonyl (C=O) groups excluding carboxylic acids is 4. The van der Waals surface area contributed by atoms with Crippen LogP contribution in [-0.2, 0) is 19.1 Å². The summed E-state index contributed by atoms with van der Waals surface area (Å²) in [4.78, 5) is 59.7. The average Bonchev–Trinajstić information content (AvgIpc) is 2.91. The van der Waals surface area contributed by atoms with Crippen molar-refractivity contribution < 1.29 is 28.8 Å². The van der Waals surface area contributed by atoms with E-state index >= 15 is 0 Å². The van der Waals surface area contributed by atoms with Crippen LogP contribution in [0.2, 0.25) is 5.02 Å². The number of carbonyl (C=O) groups is 4. The summed E-state index contributed by atoms with van der Waals surface area (Å²) >= 11 is 5.69. The Morgan fingerprint density at radius 1 is 1.18 bits per heavy atom. The number of hydrogen-bond donors (Lipinski definition) is 0. The van der Waals surface area contributed by atoms with E-state index in [0.717, 1.165) is 11.0 Å². The normalized spacial score (nSPS) is 20.8. The van der Waals surface area contributed by atoms with Crippen molar-refractivity contribution >= 4 is 40.9 Å². The number of hydrogen-bond acceptors (Lipinski definition) is 7. The molecule has 1 aliphatic heterocycles. The Balaban J connectivity index is 1.58. The molecule has 2 atom stereocenters. The molecular weight excluding hydrogens is 392 g/mol. The van der Waals surface area contributed by atoms with Crippen molar-refractivity contribution in [3.8, 4) is 0 Å². The number of Topliss-reactive ketones (excluding diaryl/α,β-unsaturated/α-hetero) is 1. The molecule has 146 valence electrons. The lowest BCUT2D eigenvalue weighted by atomic mass is 9.85. The third-order valence-electron chi connectivity index (χ3n) is 4.72. The molecule has 9 nitrogen and oxygen atoms in total. The van der Waals surface area contributed by atoms with Crippen LogP contribution in [-0.4, -0.2) is 46.5 Å². The van der Waals surface area contributed by atoms with Gasteiger partial charge >= 0.3 is 5.97 Å². The van der Waals surface area contributed by atoms with Gasteiger partial charge < -0.3 is 4.74 Å². The summed E-state index contributed by atoms with van der Waals surface area (Å²) in [5.41, 5.74) is -0.488. The molecule has 0 N–H and O–H groups in total. The number of nitro groups is 1. The van der Waals surface area contributed by atoms with E-state index in [1.807, 2.05) is 12.2 Å². The maximum absolute atomic E-state index is 12.3. The molecule has 10 heteroatoms. The number of nitrogens with zero attached hydrogens (tertiary/aromatic N) is 2. The largest absolute Gasteiger partial charge is 0.456 e. The molecule has 0 saturated carbocycles. The molecule has 3 rings (SSSR count). The van der Waals surface area contributed by atoms with Gasteiger partial charge in [-0.15, -0.1) is 0 Å². The zero-order valence-corrected chi connectivity index (χ0v) is 15.3. The second-order valence-corrected chi connectivity index (χ2v) is 6.83. The summed E-state index contributed by atoms with van der Waals surface area (Å²) in [6.45, 7) is -1.25. The van der Waals surface area contributed by atoms with Crippen LogP contribution >= 0.6 is 11.6 Å². The van der Waals surface area contributed by atoms with Crippen LogP contribution in [0.4, 0.5) is 5.69 Å². The van der Waals surface area contributed by atoms with E-state index in [2.05, 4.69) is 0 Å². The number of likely N-dealkylation sites (tertiary alicyclic amines) is 1. The van der Waals surface area contributed by atoms with Crippen molar-refractivity contribution in [2.75, 3.05) is 13.2 Å². The molecule has 1 aromatic carbocycles. The van der Waals surface area contributed by atoms with Crippen LogP contribution in [0.25, 0.3) is 0 Å². The maximum atomic E-state index is 12.3. The smallest absolute Gasteiger partial charge is 0.326 e. The molecule has 1 heterocycles. The second-order valence-electron chi connectivity index (χ2n) is 6.43. The Labute approximate surface area is 164 Å². The lowest BCUT2D eigenvalue weighted by molar-refractivity contribution is -0.384. The van der Waals surface area contributed by atoms with E-state index < -0.39 is 59.2 Å². The maximum Gasteiger partial charge on any atom is 0.326 e. The van der Waals surface area contributed by atoms with Gasteiger partial charge in [-0.05, 0) is 25.0 Å². The molecule has 2 amide bonds. The van der Waals surface area contributed by atoms with Gasteiger partial charge in [-0.25, -0.2) is 0 Å². The molecule has 2 aliphatic rings. The number of halogens is 1. The standard InChI is InChI=1S/C18H15ClN2O7/c19-13-6-5-10(7-14(13)21(26)27)15(22)9-28-16(23)8-20-17(24)11-3-1-2-4-12(11)18(20)25/h1-2,5-7,11-12H,3-4,8-9H2/t11-,12-/m0/s1. The molecule has 1 aromatic rings. The zero-order valence-electron chi connectivity index (χ0n) is 14.5. The van der Waals surface area contributed by atoms with Crippen LogP contribution in [0.1, 0.15) is 23.2 Å². The van der Waals surface area contributed by atoms with E-state index in [0.29, 0.717) is 12.8 Å². The van der Waals surface area contributed by atoms with Gasteiger partial charge in [0.1, 0.15) is 11.6 Å². The summed E-state index contributed by atoms with van der Waals surface area (Å²) in [6.07, 6.45) is 4.57. The minimum Gasteiger partial charge on any atom is -0.456 e. The number of allylic oxidation sites excluding steroid dienone is 2. The van der Waals surface area contributed by atoms with Crippen LogP contribution in [0.5, 0.6) is 0 Å². The highest BCUT2D eigenvalue weighted by molar-refractivity contribution is 6.32. The van der Waals surface area contributed by atoms with Gasteiger partial charge in [0, 0.05) is 11.6 Å². The van der Waals surface area contributed by atoms with Crippen LogP contribution in [0.15, 0.2) is 30.4 Å². The number of amides is 2. The van der Waals surface area contributed by atoms with E-state index in [-0.39, 0.29) is 10.6 Å². The highest BCUT2D eigenvalue weighted by Gasteiger charge is 2.47. The van der Waals surface area contributed by atoms with Crippen molar-refractivity contribution in [3.63, 3.8) is 0 Å². The lowest BCUT2D eigenvalue weighted by Gasteiger charge is -2.14. The fraction of sp³-hybridized carbons (Fsp3) is 0.333. The monoisotopic (exact) mass is 406 g/mol. The summed E-state index contributed by atoms with van der Waals surface area (Å²) < 4.78 is 4.85. The second kappa shape index (κ2) is 7.89. The Hall–Kier alpha value is -3.07. The lowest BCUT2D eigenvalue weighted by Crippen LogP contribution is -2.37. The van der Waals surface area contributed by atoms with Crippen LogP contribution in [0.3, 0.4) is 0 Å². The first-order chi connectivity index (χ1) is 13.3. The molecule has 1 aliphatic carbocycles. The number of nitro benzene ring substituents is 1. The SMILES string of the molecule is O=C(CN1C(=O)[C@H]2CC=CC[C@@H]2C1=O)OCC(=O)c1ccc(Cl)c([N+](=O)[O-])c1. The fourth-order valence-corrected chi connectivity index (χ4v) is 3.44. The molecule has 0 spiro atoms. The zero-order chi connectivity index (χ0) is 20.4. The third-order valence-corrected chi connectivity index (χ3v) is 5.03. The van der Waals surface area contributed by atoms with Gasteiger partial charge in [0.05, 0.1) is 16.8 Å². The molecule has 0 radical (unpaired) electrons. The highest BCUT2D eigenvalue weighted by atomic mass is 35.5. The van der Waals surface area contributed by atoms with Gasteiger partial charge in [0.25, 0.3) is 5.69 Å². The molecule has 0 unspecified atom stereocenters.